The third-order valence-electron chi connectivity index (χ3n) is 3.01. The van der Waals surface area contributed by atoms with E-state index in [9.17, 15) is 4.39 Å². The van der Waals surface area contributed by atoms with E-state index in [2.05, 4.69) is 41.9 Å². The van der Waals surface area contributed by atoms with Crippen LogP contribution in [-0.2, 0) is 6.42 Å². The Morgan fingerprint density at radius 3 is 2.81 bits per heavy atom. The van der Waals surface area contributed by atoms with E-state index < -0.39 is 0 Å². The smallest absolute Gasteiger partial charge is 0.129 e. The van der Waals surface area contributed by atoms with E-state index in [-0.39, 0.29) is 6.67 Å². The molecule has 0 aliphatic carbocycles. The van der Waals surface area contributed by atoms with Crippen LogP contribution in [0.3, 0.4) is 0 Å². The van der Waals surface area contributed by atoms with Crippen molar-refractivity contribution in [1.29, 1.82) is 0 Å². The number of thioether (sulfide) groups is 1. The van der Waals surface area contributed by atoms with E-state index in [4.69, 9.17) is 11.6 Å². The fraction of sp³-hybridized carbons (Fsp3) is 0.235. The largest absolute Gasteiger partial charge is 0.251 e. The first-order valence-electron chi connectivity index (χ1n) is 6.82. The van der Waals surface area contributed by atoms with E-state index in [1.807, 2.05) is 0 Å². The molecule has 1 aliphatic rings. The van der Waals surface area contributed by atoms with Gasteiger partial charge in [-0.15, -0.1) is 0 Å². The lowest BCUT2D eigenvalue weighted by Crippen LogP contribution is -1.88. The Morgan fingerprint density at radius 2 is 2.14 bits per heavy atom. The lowest BCUT2D eigenvalue weighted by atomic mass is 10.1. The number of halogens is 2. The molecule has 1 aromatic carbocycles. The summed E-state index contributed by atoms with van der Waals surface area (Å²) < 4.78 is 12.2. The van der Waals surface area contributed by atoms with E-state index in [0.717, 1.165) is 23.4 Å². The first kappa shape index (κ1) is 16.1. The minimum absolute atomic E-state index is 0.262. The Kier molecular flexibility index (Phi) is 6.27. The van der Waals surface area contributed by atoms with Crippen LogP contribution in [0.25, 0.3) is 4.91 Å². The quantitative estimate of drug-likeness (QED) is 0.481. The van der Waals surface area contributed by atoms with Crippen molar-refractivity contribution >= 4 is 33.3 Å². The molecule has 110 valence electrons. The molecule has 0 saturated heterocycles. The molecule has 0 atom stereocenters. The summed E-state index contributed by atoms with van der Waals surface area (Å²) in [5.74, 6) is 0. The maximum absolute atomic E-state index is 12.2. The molecule has 0 fully saturated rings. The van der Waals surface area contributed by atoms with Crippen LogP contribution in [-0.4, -0.2) is 11.7 Å². The molecule has 0 aromatic heterocycles. The third kappa shape index (κ3) is 4.87. The van der Waals surface area contributed by atoms with Gasteiger partial charge in [-0.2, -0.15) is 0 Å². The fourth-order valence-electron chi connectivity index (χ4n) is 2.00. The zero-order chi connectivity index (χ0) is 15.1. The van der Waals surface area contributed by atoms with Crippen molar-refractivity contribution in [1.82, 2.24) is 0 Å². The van der Waals surface area contributed by atoms with Gasteiger partial charge < -0.3 is 0 Å². The lowest BCUT2D eigenvalue weighted by Gasteiger charge is -2.04. The Morgan fingerprint density at radius 1 is 1.38 bits per heavy atom. The molecule has 1 aliphatic heterocycles. The zero-order valence-corrected chi connectivity index (χ0v) is 13.3. The highest BCUT2D eigenvalue weighted by Gasteiger charge is 2.14. The molecule has 1 heterocycles. The summed E-state index contributed by atoms with van der Waals surface area (Å²) in [6.07, 6.45) is 7.62. The van der Waals surface area contributed by atoms with Gasteiger partial charge in [-0.05, 0) is 30.0 Å². The fourth-order valence-corrected chi connectivity index (χ4v) is 3.22. The summed E-state index contributed by atoms with van der Waals surface area (Å²) in [5, 5.41) is 1.43. The summed E-state index contributed by atoms with van der Waals surface area (Å²) in [6, 6.07) is 8.28. The molecule has 4 heteroatoms. The average molecular weight is 322 g/mol. The van der Waals surface area contributed by atoms with Crippen LogP contribution in [0.4, 0.5) is 4.39 Å². The highest BCUT2D eigenvalue weighted by atomic mass is 35.5. The summed E-state index contributed by atoms with van der Waals surface area (Å²) in [6.45, 7) is 3.33. The van der Waals surface area contributed by atoms with Crippen molar-refractivity contribution in [3.63, 3.8) is 0 Å². The molecule has 0 bridgehead atoms. The van der Waals surface area contributed by atoms with Gasteiger partial charge in [0.1, 0.15) is 5.16 Å². The maximum atomic E-state index is 12.2. The number of aliphatic imine (C=N–C) groups is 1. The second-order valence-corrected chi connectivity index (χ2v) is 6.10. The third-order valence-corrected chi connectivity index (χ3v) is 4.34. The zero-order valence-electron chi connectivity index (χ0n) is 11.7. The number of rotatable bonds is 6. The second kappa shape index (κ2) is 8.20. The van der Waals surface area contributed by atoms with E-state index in [1.54, 1.807) is 23.9 Å². The predicted octanol–water partition coefficient (Wildman–Crippen LogP) is 5.73. The first-order chi connectivity index (χ1) is 10.2. The normalized spacial score (nSPS) is 17.1. The summed E-state index contributed by atoms with van der Waals surface area (Å²) in [4.78, 5) is 5.53. The molecular weight excluding hydrogens is 305 g/mol. The summed E-state index contributed by atoms with van der Waals surface area (Å²) >= 11 is 7.59. The Bertz CT molecular complexity index is 587. The summed E-state index contributed by atoms with van der Waals surface area (Å²) in [7, 11) is 0. The molecular formula is C17H17ClFNS. The van der Waals surface area contributed by atoms with E-state index >= 15 is 0 Å². The van der Waals surface area contributed by atoms with Crippen molar-refractivity contribution in [3.05, 3.63) is 65.4 Å². The van der Waals surface area contributed by atoms with Crippen LogP contribution in [0.5, 0.6) is 0 Å². The van der Waals surface area contributed by atoms with Gasteiger partial charge >= 0.3 is 0 Å². The van der Waals surface area contributed by atoms with Gasteiger partial charge in [0.15, 0.2) is 0 Å². The monoisotopic (exact) mass is 321 g/mol. The molecule has 1 aromatic rings. The Balaban J connectivity index is 2.01. The number of hydrogen-bond donors (Lipinski definition) is 0. The van der Waals surface area contributed by atoms with Crippen LogP contribution < -0.4 is 0 Å². The molecule has 0 amide bonds. The number of aryl methyl sites for hydroxylation is 1. The minimum Gasteiger partial charge on any atom is -0.251 e. The van der Waals surface area contributed by atoms with Crippen LogP contribution in [0, 0.1) is 0 Å². The number of benzene rings is 1. The van der Waals surface area contributed by atoms with Gasteiger partial charge in [0.2, 0.25) is 0 Å². The topological polar surface area (TPSA) is 12.4 Å². The van der Waals surface area contributed by atoms with Gasteiger partial charge in [-0.3, -0.25) is 4.39 Å². The molecule has 1 nitrogen and oxygen atoms in total. The van der Waals surface area contributed by atoms with Crippen molar-refractivity contribution < 1.29 is 4.39 Å². The van der Waals surface area contributed by atoms with Crippen LogP contribution in [0.2, 0.25) is 0 Å². The second-order valence-electron chi connectivity index (χ2n) is 4.59. The molecule has 0 saturated carbocycles. The SMILES string of the molecule is C=C/C=C(/Cl)N=C1CC=C(c2ccc(CCCF)cc2)S1. The van der Waals surface area contributed by atoms with Gasteiger partial charge in [0.05, 0.1) is 11.7 Å². The van der Waals surface area contributed by atoms with Gasteiger partial charge in [0, 0.05) is 11.3 Å². The van der Waals surface area contributed by atoms with Gasteiger partial charge in [-0.1, -0.05) is 66.4 Å². The Hall–Kier alpha value is -1.32. The minimum atomic E-state index is -0.262. The molecule has 21 heavy (non-hydrogen) atoms. The molecule has 0 unspecified atom stereocenters. The molecule has 0 spiro atoms. The number of nitrogens with zero attached hydrogens (tertiary/aromatic N) is 1. The molecule has 0 radical (unpaired) electrons. The van der Waals surface area contributed by atoms with Crippen molar-refractivity contribution in [2.75, 3.05) is 6.67 Å². The molecule has 2 rings (SSSR count). The highest BCUT2D eigenvalue weighted by Crippen LogP contribution is 2.36. The van der Waals surface area contributed by atoms with Crippen LogP contribution in [0.1, 0.15) is 24.0 Å². The van der Waals surface area contributed by atoms with E-state index in [1.165, 1.54) is 10.5 Å². The van der Waals surface area contributed by atoms with Crippen molar-refractivity contribution in [2.24, 2.45) is 4.99 Å². The number of hydrogen-bond acceptors (Lipinski definition) is 2. The number of alkyl halides is 1. The van der Waals surface area contributed by atoms with Crippen LogP contribution >= 0.6 is 23.4 Å². The molecule has 0 N–H and O–H groups in total. The van der Waals surface area contributed by atoms with Crippen molar-refractivity contribution in [2.45, 2.75) is 19.3 Å². The standard InChI is InChI=1S/C17H17ClFNS/c1-2-4-16(18)20-17-11-10-15(21-17)14-8-6-13(7-9-14)5-3-12-19/h2,4,6-10H,1,3,5,11-12H2/b16-4-,20-17?. The van der Waals surface area contributed by atoms with Crippen molar-refractivity contribution in [3.8, 4) is 0 Å². The van der Waals surface area contributed by atoms with E-state index in [0.29, 0.717) is 11.6 Å². The summed E-state index contributed by atoms with van der Waals surface area (Å²) in [5.41, 5.74) is 2.34. The average Bonchev–Trinajstić information content (AvgIpc) is 2.94. The first-order valence-corrected chi connectivity index (χ1v) is 8.01. The lowest BCUT2D eigenvalue weighted by molar-refractivity contribution is 0.473. The van der Waals surface area contributed by atoms with Gasteiger partial charge in [-0.25, -0.2) is 4.99 Å². The number of allylic oxidation sites excluding steroid dienone is 3. The van der Waals surface area contributed by atoms with Crippen LogP contribution in [0.15, 0.2) is 59.2 Å². The highest BCUT2D eigenvalue weighted by molar-refractivity contribution is 8.22. The maximum Gasteiger partial charge on any atom is 0.129 e. The predicted molar refractivity (Wildman–Crippen MR) is 92.5 cm³/mol. The van der Waals surface area contributed by atoms with Gasteiger partial charge in [0.25, 0.3) is 0 Å². The Labute approximate surface area is 134 Å².